The topological polar surface area (TPSA) is 92.5 Å². The van der Waals surface area contributed by atoms with Gasteiger partial charge in [0.05, 0.1) is 0 Å². The predicted molar refractivity (Wildman–Crippen MR) is 102 cm³/mol. The number of nitrogen functional groups attached to an aromatic ring is 1. The molecule has 25 heavy (non-hydrogen) atoms. The third-order valence-corrected chi connectivity index (χ3v) is 6.94. The monoisotopic (exact) mass is 401 g/mol. The van der Waals surface area contributed by atoms with Gasteiger partial charge in [0.15, 0.2) is 0 Å². The Kier molecular flexibility index (Phi) is 6.45. The van der Waals surface area contributed by atoms with E-state index in [1.54, 1.807) is 46.7 Å². The third kappa shape index (κ3) is 4.72. The Morgan fingerprint density at radius 3 is 2.36 bits per heavy atom. The van der Waals surface area contributed by atoms with Crippen LogP contribution < -0.4 is 10.5 Å². The number of nitrogens with zero attached hydrogens (tertiary/aromatic N) is 1. The molecule has 1 aromatic carbocycles. The number of hydrogen-bond acceptors (Lipinski definition) is 5. The van der Waals surface area contributed by atoms with Crippen LogP contribution in [0.4, 0.5) is 5.69 Å². The van der Waals surface area contributed by atoms with E-state index in [4.69, 9.17) is 5.73 Å². The van der Waals surface area contributed by atoms with Gasteiger partial charge in [-0.1, -0.05) is 6.07 Å². The molecule has 0 bridgehead atoms. The molecule has 0 atom stereocenters. The van der Waals surface area contributed by atoms with Crippen molar-refractivity contribution < 1.29 is 13.2 Å². The summed E-state index contributed by atoms with van der Waals surface area (Å²) in [5.74, 6) is -0.0467. The number of nitrogens with one attached hydrogen (secondary N) is 1. The molecule has 1 aliphatic heterocycles. The summed E-state index contributed by atoms with van der Waals surface area (Å²) in [5, 5.41) is 1.74. The van der Waals surface area contributed by atoms with Gasteiger partial charge in [-0.25, -0.2) is 13.1 Å². The first-order valence-corrected chi connectivity index (χ1v) is 10.0. The number of piperidine rings is 1. The highest BCUT2D eigenvalue weighted by atomic mass is 35.5. The fraction of sp³-hybridized carbons (Fsp3) is 0.312. The molecule has 1 amide bonds. The maximum atomic E-state index is 12.4. The SMILES string of the molecule is Cl.Nc1ccc(C(=O)N2CCC(NS(=O)(=O)c3cccs3)CC2)cc1. The molecule has 0 spiro atoms. The fourth-order valence-corrected chi connectivity index (χ4v) is 5.02. The van der Waals surface area contributed by atoms with E-state index in [9.17, 15) is 13.2 Å². The van der Waals surface area contributed by atoms with Crippen molar-refractivity contribution in [1.29, 1.82) is 0 Å². The maximum Gasteiger partial charge on any atom is 0.253 e. The van der Waals surface area contributed by atoms with Gasteiger partial charge in [-0.2, -0.15) is 0 Å². The zero-order chi connectivity index (χ0) is 17.2. The van der Waals surface area contributed by atoms with Crippen LogP contribution in [0.5, 0.6) is 0 Å². The second kappa shape index (κ2) is 8.18. The van der Waals surface area contributed by atoms with Gasteiger partial charge < -0.3 is 10.6 Å². The second-order valence-corrected chi connectivity index (χ2v) is 8.63. The first-order chi connectivity index (χ1) is 11.5. The van der Waals surface area contributed by atoms with E-state index in [0.29, 0.717) is 41.4 Å². The number of hydrogen-bond donors (Lipinski definition) is 2. The van der Waals surface area contributed by atoms with Gasteiger partial charge in [-0.15, -0.1) is 23.7 Å². The number of halogens is 1. The van der Waals surface area contributed by atoms with Crippen LogP contribution in [0.3, 0.4) is 0 Å². The zero-order valence-electron chi connectivity index (χ0n) is 13.4. The van der Waals surface area contributed by atoms with Gasteiger partial charge in [-0.3, -0.25) is 4.79 Å². The molecule has 3 rings (SSSR count). The minimum atomic E-state index is -3.46. The maximum absolute atomic E-state index is 12.4. The molecule has 1 fully saturated rings. The second-order valence-electron chi connectivity index (χ2n) is 5.74. The molecular weight excluding hydrogens is 382 g/mol. The number of anilines is 1. The molecule has 1 saturated heterocycles. The van der Waals surface area contributed by atoms with Crippen LogP contribution in [0, 0.1) is 0 Å². The Bertz CT molecular complexity index is 800. The lowest BCUT2D eigenvalue weighted by Gasteiger charge is -2.32. The van der Waals surface area contributed by atoms with Crippen molar-refractivity contribution in [2.24, 2.45) is 0 Å². The molecule has 2 aromatic rings. The molecule has 2 heterocycles. The van der Waals surface area contributed by atoms with Crippen LogP contribution in [-0.4, -0.2) is 38.4 Å². The molecule has 0 aliphatic carbocycles. The van der Waals surface area contributed by atoms with Gasteiger partial charge in [-0.05, 0) is 48.6 Å². The van der Waals surface area contributed by atoms with Crippen molar-refractivity contribution >= 4 is 45.4 Å². The summed E-state index contributed by atoms with van der Waals surface area (Å²) in [6.45, 7) is 1.06. The Morgan fingerprint density at radius 1 is 1.16 bits per heavy atom. The minimum Gasteiger partial charge on any atom is -0.399 e. The highest BCUT2D eigenvalue weighted by Gasteiger charge is 2.27. The number of sulfonamides is 1. The lowest BCUT2D eigenvalue weighted by Crippen LogP contribution is -2.46. The van der Waals surface area contributed by atoms with Crippen LogP contribution >= 0.6 is 23.7 Å². The quantitative estimate of drug-likeness (QED) is 0.769. The molecule has 0 radical (unpaired) electrons. The van der Waals surface area contributed by atoms with Crippen molar-refractivity contribution in [2.75, 3.05) is 18.8 Å². The molecule has 0 unspecified atom stereocenters. The van der Waals surface area contributed by atoms with Crippen LogP contribution in [0.15, 0.2) is 46.0 Å². The first kappa shape index (κ1) is 19.7. The van der Waals surface area contributed by atoms with E-state index in [1.807, 2.05) is 0 Å². The number of carbonyl (C=O) groups excluding carboxylic acids is 1. The van der Waals surface area contributed by atoms with E-state index in [1.165, 1.54) is 11.3 Å². The highest BCUT2D eigenvalue weighted by molar-refractivity contribution is 7.91. The molecule has 136 valence electrons. The smallest absolute Gasteiger partial charge is 0.253 e. The molecule has 1 aliphatic rings. The van der Waals surface area contributed by atoms with Gasteiger partial charge in [0.1, 0.15) is 4.21 Å². The summed E-state index contributed by atoms with van der Waals surface area (Å²) in [4.78, 5) is 14.2. The van der Waals surface area contributed by atoms with Crippen LogP contribution in [0.25, 0.3) is 0 Å². The van der Waals surface area contributed by atoms with Crippen molar-refractivity contribution in [1.82, 2.24) is 9.62 Å². The molecular formula is C16H20ClN3O3S2. The van der Waals surface area contributed by atoms with Gasteiger partial charge in [0.25, 0.3) is 5.91 Å². The number of amides is 1. The molecule has 0 saturated carbocycles. The van der Waals surface area contributed by atoms with Gasteiger partial charge in [0.2, 0.25) is 10.0 Å². The van der Waals surface area contributed by atoms with Gasteiger partial charge >= 0.3 is 0 Å². The summed E-state index contributed by atoms with van der Waals surface area (Å²) < 4.78 is 27.5. The minimum absolute atomic E-state index is 0. The molecule has 1 aromatic heterocycles. The lowest BCUT2D eigenvalue weighted by atomic mass is 10.0. The zero-order valence-corrected chi connectivity index (χ0v) is 15.9. The lowest BCUT2D eigenvalue weighted by molar-refractivity contribution is 0.0711. The number of likely N-dealkylation sites (tertiary alicyclic amines) is 1. The Hall–Kier alpha value is -1.61. The summed E-state index contributed by atoms with van der Waals surface area (Å²) >= 11 is 1.20. The third-order valence-electron chi connectivity index (χ3n) is 4.02. The average Bonchev–Trinajstić information content (AvgIpc) is 3.11. The van der Waals surface area contributed by atoms with Crippen LogP contribution in [0.1, 0.15) is 23.2 Å². The van der Waals surface area contributed by atoms with E-state index < -0.39 is 10.0 Å². The number of benzene rings is 1. The Labute approximate surface area is 157 Å². The van der Waals surface area contributed by atoms with E-state index in [-0.39, 0.29) is 24.4 Å². The summed E-state index contributed by atoms with van der Waals surface area (Å²) in [7, 11) is -3.46. The van der Waals surface area contributed by atoms with Crippen LogP contribution in [-0.2, 0) is 10.0 Å². The predicted octanol–water partition coefficient (Wildman–Crippen LogP) is 2.34. The van der Waals surface area contributed by atoms with Crippen molar-refractivity contribution in [3.8, 4) is 0 Å². The summed E-state index contributed by atoms with van der Waals surface area (Å²) in [5.41, 5.74) is 6.85. The van der Waals surface area contributed by atoms with E-state index in [0.717, 1.165) is 0 Å². The first-order valence-electron chi connectivity index (χ1n) is 7.66. The van der Waals surface area contributed by atoms with Crippen molar-refractivity contribution in [3.63, 3.8) is 0 Å². The molecule has 3 N–H and O–H groups in total. The van der Waals surface area contributed by atoms with Crippen LogP contribution in [0.2, 0.25) is 0 Å². The standard InChI is InChI=1S/C16H19N3O3S2.ClH/c17-13-5-3-12(4-6-13)16(20)19-9-7-14(8-10-19)18-24(21,22)15-2-1-11-23-15;/h1-6,11,14,18H,7-10,17H2;1H. The normalized spacial score (nSPS) is 15.6. The largest absolute Gasteiger partial charge is 0.399 e. The highest BCUT2D eigenvalue weighted by Crippen LogP contribution is 2.20. The number of carbonyl (C=O) groups is 1. The average molecular weight is 402 g/mol. The summed E-state index contributed by atoms with van der Waals surface area (Å²) in [6.07, 6.45) is 1.20. The molecule has 9 heteroatoms. The fourth-order valence-electron chi connectivity index (χ4n) is 2.70. The number of rotatable bonds is 4. The van der Waals surface area contributed by atoms with Crippen molar-refractivity contribution in [2.45, 2.75) is 23.1 Å². The number of thiophene rings is 1. The number of nitrogens with two attached hydrogens (primary N) is 1. The van der Waals surface area contributed by atoms with E-state index >= 15 is 0 Å². The Balaban J connectivity index is 0.00000225. The van der Waals surface area contributed by atoms with Gasteiger partial charge in [0, 0.05) is 30.4 Å². The summed E-state index contributed by atoms with van der Waals surface area (Å²) in [6, 6.07) is 9.99. The molecule has 6 nitrogen and oxygen atoms in total. The van der Waals surface area contributed by atoms with E-state index in [2.05, 4.69) is 4.72 Å². The Morgan fingerprint density at radius 2 is 1.80 bits per heavy atom. The van der Waals surface area contributed by atoms with Crippen molar-refractivity contribution in [3.05, 3.63) is 47.3 Å².